The Labute approximate surface area is 194 Å². The van der Waals surface area contributed by atoms with Crippen LogP contribution in [0.15, 0.2) is 48.5 Å². The number of alkyl carbamates (subject to hydrolysis) is 1. The van der Waals surface area contributed by atoms with Crippen molar-refractivity contribution in [1.82, 2.24) is 10.6 Å². The first-order valence-corrected chi connectivity index (χ1v) is 11.6. The van der Waals surface area contributed by atoms with Gasteiger partial charge in [0.05, 0.1) is 0 Å². The molecule has 1 aliphatic rings. The predicted octanol–water partition coefficient (Wildman–Crippen LogP) is 4.46. The summed E-state index contributed by atoms with van der Waals surface area (Å²) >= 11 is 0. The molecule has 1 aliphatic carbocycles. The van der Waals surface area contributed by atoms with Crippen LogP contribution in [0.5, 0.6) is 0 Å². The molecule has 0 spiro atoms. The molecule has 176 valence electrons. The van der Waals surface area contributed by atoms with Gasteiger partial charge in [0, 0.05) is 18.9 Å². The number of nitrogens with one attached hydrogen (secondary N) is 2. The molecule has 33 heavy (non-hydrogen) atoms. The second-order valence-corrected chi connectivity index (χ2v) is 8.28. The van der Waals surface area contributed by atoms with Crippen LogP contribution in [-0.4, -0.2) is 42.3 Å². The number of hydrogen-bond donors (Lipinski definition) is 3. The Morgan fingerprint density at radius 3 is 2.15 bits per heavy atom. The number of unbranched alkanes of at least 4 members (excludes halogenated alkanes) is 3. The van der Waals surface area contributed by atoms with Gasteiger partial charge in [0.15, 0.2) is 0 Å². The first-order chi connectivity index (χ1) is 16.0. The summed E-state index contributed by atoms with van der Waals surface area (Å²) in [5.41, 5.74) is 4.60. The summed E-state index contributed by atoms with van der Waals surface area (Å²) in [6.45, 7) is 2.53. The minimum absolute atomic E-state index is 0.0295. The van der Waals surface area contributed by atoms with Crippen LogP contribution in [0, 0.1) is 0 Å². The summed E-state index contributed by atoms with van der Waals surface area (Å²) in [7, 11) is 0. The highest BCUT2D eigenvalue weighted by molar-refractivity contribution is 5.85. The van der Waals surface area contributed by atoms with Crippen LogP contribution < -0.4 is 10.6 Å². The van der Waals surface area contributed by atoms with E-state index >= 15 is 0 Å². The molecule has 2 aromatic rings. The number of rotatable bonds is 12. The van der Waals surface area contributed by atoms with Gasteiger partial charge in [-0.15, -0.1) is 0 Å². The second-order valence-electron chi connectivity index (χ2n) is 8.28. The average Bonchev–Trinajstić information content (AvgIpc) is 3.14. The zero-order valence-corrected chi connectivity index (χ0v) is 19.0. The number of benzene rings is 2. The summed E-state index contributed by atoms with van der Waals surface area (Å²) in [5, 5.41) is 14.1. The first kappa shape index (κ1) is 24.3. The van der Waals surface area contributed by atoms with E-state index in [1.807, 2.05) is 31.2 Å². The molecule has 0 aromatic heterocycles. The number of carbonyl (C=O) groups is 3. The van der Waals surface area contributed by atoms with E-state index in [0.717, 1.165) is 41.5 Å². The van der Waals surface area contributed by atoms with E-state index < -0.39 is 18.1 Å². The van der Waals surface area contributed by atoms with Crippen molar-refractivity contribution in [2.45, 2.75) is 57.4 Å². The van der Waals surface area contributed by atoms with Crippen molar-refractivity contribution in [3.63, 3.8) is 0 Å². The van der Waals surface area contributed by atoms with Crippen LogP contribution in [0.25, 0.3) is 11.1 Å². The molecular weight excluding hydrogens is 420 g/mol. The molecule has 0 saturated heterocycles. The number of aliphatic carboxylic acids is 1. The quantitative estimate of drug-likeness (QED) is 0.413. The number of carboxylic acids is 1. The fourth-order valence-corrected chi connectivity index (χ4v) is 4.22. The number of hydrogen-bond acceptors (Lipinski definition) is 4. The third-order valence-electron chi connectivity index (χ3n) is 5.98. The molecule has 7 heteroatoms. The van der Waals surface area contributed by atoms with Gasteiger partial charge in [-0.1, -0.05) is 68.3 Å². The lowest BCUT2D eigenvalue weighted by Gasteiger charge is -2.18. The number of amides is 2. The van der Waals surface area contributed by atoms with Crippen molar-refractivity contribution in [2.75, 3.05) is 13.2 Å². The summed E-state index contributed by atoms with van der Waals surface area (Å²) < 4.78 is 5.53. The standard InChI is InChI=1S/C26H32N2O5/c1-2-23(25(31)27-16-10-4-3-5-15-24(29)30)28-26(32)33-17-22-20-13-8-6-11-18(20)19-12-7-9-14-21(19)22/h6-9,11-14,22-23H,2-5,10,15-17H2,1H3,(H,27,31)(H,28,32)(H,29,30)/t23-/m1/s1. The molecule has 0 radical (unpaired) electrons. The molecule has 3 N–H and O–H groups in total. The van der Waals surface area contributed by atoms with Gasteiger partial charge in [-0.3, -0.25) is 9.59 Å². The topological polar surface area (TPSA) is 105 Å². The van der Waals surface area contributed by atoms with Crippen LogP contribution in [0.2, 0.25) is 0 Å². The van der Waals surface area contributed by atoms with E-state index in [1.165, 1.54) is 0 Å². The van der Waals surface area contributed by atoms with E-state index in [1.54, 1.807) is 0 Å². The summed E-state index contributed by atoms with van der Waals surface area (Å²) in [6, 6.07) is 15.6. The van der Waals surface area contributed by atoms with Crippen molar-refractivity contribution in [2.24, 2.45) is 0 Å². The highest BCUT2D eigenvalue weighted by atomic mass is 16.5. The smallest absolute Gasteiger partial charge is 0.407 e. The molecular formula is C26H32N2O5. The highest BCUT2D eigenvalue weighted by Crippen LogP contribution is 2.44. The lowest BCUT2D eigenvalue weighted by Crippen LogP contribution is -2.46. The zero-order valence-electron chi connectivity index (χ0n) is 19.0. The first-order valence-electron chi connectivity index (χ1n) is 11.6. The van der Waals surface area contributed by atoms with Crippen molar-refractivity contribution in [3.8, 4) is 11.1 Å². The van der Waals surface area contributed by atoms with Gasteiger partial charge in [0.2, 0.25) is 5.91 Å². The highest BCUT2D eigenvalue weighted by Gasteiger charge is 2.29. The Balaban J connectivity index is 1.44. The Kier molecular flexibility index (Phi) is 8.87. The lowest BCUT2D eigenvalue weighted by molar-refractivity contribution is -0.137. The van der Waals surface area contributed by atoms with Crippen LogP contribution in [0.1, 0.15) is 62.5 Å². The zero-order chi connectivity index (χ0) is 23.6. The Bertz CT molecular complexity index is 929. The summed E-state index contributed by atoms with van der Waals surface area (Å²) in [5.74, 6) is -1.05. The van der Waals surface area contributed by atoms with E-state index in [2.05, 4.69) is 34.9 Å². The van der Waals surface area contributed by atoms with Crippen molar-refractivity contribution in [1.29, 1.82) is 0 Å². The summed E-state index contributed by atoms with van der Waals surface area (Å²) in [4.78, 5) is 35.4. The molecule has 1 atom stereocenters. The van der Waals surface area contributed by atoms with Gasteiger partial charge >= 0.3 is 12.1 Å². The number of fused-ring (bicyclic) bond motifs is 3. The Morgan fingerprint density at radius 2 is 1.55 bits per heavy atom. The number of carbonyl (C=O) groups excluding carboxylic acids is 2. The van der Waals surface area contributed by atoms with Gasteiger partial charge in [0.25, 0.3) is 0 Å². The molecule has 3 rings (SSSR count). The van der Waals surface area contributed by atoms with Crippen molar-refractivity contribution in [3.05, 3.63) is 59.7 Å². The van der Waals surface area contributed by atoms with Gasteiger partial charge in [-0.25, -0.2) is 4.79 Å². The third kappa shape index (κ3) is 6.57. The Hall–Kier alpha value is -3.35. The average molecular weight is 453 g/mol. The maximum atomic E-state index is 12.4. The maximum Gasteiger partial charge on any atom is 0.407 e. The molecule has 2 amide bonds. The molecule has 2 aromatic carbocycles. The van der Waals surface area contributed by atoms with Gasteiger partial charge in [0.1, 0.15) is 12.6 Å². The molecule has 0 fully saturated rings. The van der Waals surface area contributed by atoms with Gasteiger partial charge < -0.3 is 20.5 Å². The number of carboxylic acid groups (broad SMARTS) is 1. The monoisotopic (exact) mass is 452 g/mol. The van der Waals surface area contributed by atoms with Crippen LogP contribution in [0.4, 0.5) is 4.79 Å². The van der Waals surface area contributed by atoms with Gasteiger partial charge in [-0.05, 0) is 41.5 Å². The van der Waals surface area contributed by atoms with Crippen LogP contribution >= 0.6 is 0 Å². The molecule has 0 aliphatic heterocycles. The minimum atomic E-state index is -0.784. The molecule has 7 nitrogen and oxygen atoms in total. The molecule has 0 saturated carbocycles. The SMILES string of the molecule is CC[C@@H](NC(=O)OCC1c2ccccc2-c2ccccc21)C(=O)NCCCCCCC(=O)O. The molecule has 0 heterocycles. The van der Waals surface area contributed by atoms with Crippen LogP contribution in [-0.2, 0) is 14.3 Å². The van der Waals surface area contributed by atoms with Crippen LogP contribution in [0.3, 0.4) is 0 Å². The fraction of sp³-hybridized carbons (Fsp3) is 0.423. The van der Waals surface area contributed by atoms with Gasteiger partial charge in [-0.2, -0.15) is 0 Å². The van der Waals surface area contributed by atoms with E-state index in [4.69, 9.17) is 9.84 Å². The normalized spacial score (nSPS) is 13.0. The third-order valence-corrected chi connectivity index (χ3v) is 5.98. The summed E-state index contributed by atoms with van der Waals surface area (Å²) in [6.07, 6.45) is 3.11. The van der Waals surface area contributed by atoms with E-state index in [-0.39, 0.29) is 24.9 Å². The lowest BCUT2D eigenvalue weighted by atomic mass is 9.98. The van der Waals surface area contributed by atoms with E-state index in [0.29, 0.717) is 19.4 Å². The fourth-order valence-electron chi connectivity index (χ4n) is 4.22. The maximum absolute atomic E-state index is 12.4. The minimum Gasteiger partial charge on any atom is -0.481 e. The van der Waals surface area contributed by atoms with Crippen molar-refractivity contribution >= 4 is 18.0 Å². The molecule has 0 bridgehead atoms. The largest absolute Gasteiger partial charge is 0.481 e. The van der Waals surface area contributed by atoms with E-state index in [9.17, 15) is 14.4 Å². The molecule has 0 unspecified atom stereocenters. The van der Waals surface area contributed by atoms with Crippen molar-refractivity contribution < 1.29 is 24.2 Å². The predicted molar refractivity (Wildman–Crippen MR) is 126 cm³/mol. The Morgan fingerprint density at radius 1 is 0.939 bits per heavy atom. The number of ether oxygens (including phenoxy) is 1. The second kappa shape index (κ2) is 12.0.